The molecule has 1 unspecified atom stereocenters. The second-order valence-electron chi connectivity index (χ2n) is 8.00. The Balaban J connectivity index is 1.35. The molecular formula is C24H26NO3+2. The third-order valence-corrected chi connectivity index (χ3v) is 6.05. The van der Waals surface area contributed by atoms with Crippen molar-refractivity contribution >= 4 is 11.8 Å². The molecule has 2 aliphatic carbocycles. The SMILES string of the molecule is Cc1ccc([C@H](C)[NH2+]OC(=O)c2ccc(C(=[O+])C3[C@@H]4C=C[C@H]3CC4)cc2)cc1. The molecule has 2 aromatic rings. The van der Waals surface area contributed by atoms with Crippen LogP contribution >= 0.6 is 0 Å². The number of nitrogens with two attached hydrogens (primary N) is 1. The van der Waals surface area contributed by atoms with Gasteiger partial charge in [-0.15, -0.1) is 5.48 Å². The number of fused-ring (bicyclic) bond motifs is 2. The standard InChI is InChI=1S/C24H25NO3/c1-15-3-5-17(6-4-15)16(2)25-28-24(27)21-13-11-20(12-14-21)23(26)22-18-7-8-19(22)10-9-18/h3-8,11-14,16,18-19,22,25H,9-10H2,1-2H3/q+1/p+1/t16-,18-,19+,22?/m0/s1. The van der Waals surface area contributed by atoms with Gasteiger partial charge in [0.05, 0.1) is 11.1 Å². The van der Waals surface area contributed by atoms with Crippen molar-refractivity contribution in [2.24, 2.45) is 17.8 Å². The van der Waals surface area contributed by atoms with E-state index in [-0.39, 0.29) is 17.7 Å². The molecule has 0 spiro atoms. The maximum atomic E-state index is 12.8. The summed E-state index contributed by atoms with van der Waals surface area (Å²) in [6, 6.07) is 15.0. The van der Waals surface area contributed by atoms with Crippen molar-refractivity contribution in [3.63, 3.8) is 0 Å². The lowest BCUT2D eigenvalue weighted by Gasteiger charge is -2.10. The number of ketones is 1. The molecule has 2 bridgehead atoms. The van der Waals surface area contributed by atoms with Crippen LogP contribution < -0.4 is 5.48 Å². The number of aryl methyl sites for hydroxylation is 1. The number of Topliss-reactive ketones (excluding diaryl/α,β-unsaturated/α-hetero) is 1. The zero-order chi connectivity index (χ0) is 19.7. The summed E-state index contributed by atoms with van der Waals surface area (Å²) in [7, 11) is 0. The van der Waals surface area contributed by atoms with Gasteiger partial charge in [-0.05, 0) is 62.8 Å². The van der Waals surface area contributed by atoms with E-state index in [9.17, 15) is 9.59 Å². The maximum absolute atomic E-state index is 12.8. The van der Waals surface area contributed by atoms with Gasteiger partial charge in [0.1, 0.15) is 12.0 Å². The second-order valence-corrected chi connectivity index (χ2v) is 8.00. The molecule has 0 amide bonds. The number of quaternary nitrogens is 1. The van der Waals surface area contributed by atoms with Crippen LogP contribution in [0.5, 0.6) is 0 Å². The third kappa shape index (κ3) is 3.65. The van der Waals surface area contributed by atoms with Gasteiger partial charge in [-0.1, -0.05) is 42.0 Å². The van der Waals surface area contributed by atoms with Crippen LogP contribution in [0.2, 0.25) is 0 Å². The molecule has 1 radical (unpaired) electrons. The van der Waals surface area contributed by atoms with E-state index in [4.69, 9.17) is 4.84 Å². The van der Waals surface area contributed by atoms with E-state index in [0.29, 0.717) is 23.0 Å². The van der Waals surface area contributed by atoms with E-state index in [1.165, 1.54) is 5.56 Å². The molecule has 4 nitrogen and oxygen atoms in total. The molecule has 2 aliphatic rings. The zero-order valence-electron chi connectivity index (χ0n) is 16.3. The Hall–Kier alpha value is -2.72. The molecule has 143 valence electrons. The van der Waals surface area contributed by atoms with Gasteiger partial charge in [-0.3, -0.25) is 4.84 Å². The number of carbonyl (C=O) groups excluding carboxylic acids is 2. The fourth-order valence-corrected chi connectivity index (χ4v) is 4.31. The van der Waals surface area contributed by atoms with Crippen molar-refractivity contribution in [3.8, 4) is 0 Å². The Kier molecular flexibility index (Phi) is 5.14. The van der Waals surface area contributed by atoms with Crippen LogP contribution in [0, 0.1) is 24.7 Å². The predicted octanol–water partition coefficient (Wildman–Crippen LogP) is 3.79. The summed E-state index contributed by atoms with van der Waals surface area (Å²) in [5, 5.41) is 0. The molecule has 0 aliphatic heterocycles. The average Bonchev–Trinajstić information content (AvgIpc) is 3.32. The van der Waals surface area contributed by atoms with E-state index in [1.54, 1.807) is 29.7 Å². The molecule has 1 fully saturated rings. The van der Waals surface area contributed by atoms with E-state index in [1.807, 2.05) is 38.1 Å². The summed E-state index contributed by atoms with van der Waals surface area (Å²) >= 11 is 0. The van der Waals surface area contributed by atoms with Crippen LogP contribution in [0.1, 0.15) is 57.7 Å². The molecule has 4 atom stereocenters. The topological polar surface area (TPSA) is 62.8 Å². The number of hydroxylamine groups is 1. The number of carbonyl (C=O) groups is 2. The summed E-state index contributed by atoms with van der Waals surface area (Å²) in [4.78, 5) is 30.5. The van der Waals surface area contributed by atoms with Crippen molar-refractivity contribution in [1.29, 1.82) is 0 Å². The predicted molar refractivity (Wildman–Crippen MR) is 107 cm³/mol. The highest BCUT2D eigenvalue weighted by molar-refractivity contribution is 6.00. The smallest absolute Gasteiger partial charge is 0.274 e. The molecular weight excluding hydrogens is 350 g/mol. The lowest BCUT2D eigenvalue weighted by molar-refractivity contribution is -0.898. The Morgan fingerprint density at radius 1 is 1.00 bits per heavy atom. The second kappa shape index (κ2) is 7.72. The van der Waals surface area contributed by atoms with Gasteiger partial charge in [0, 0.05) is 5.56 Å². The van der Waals surface area contributed by atoms with Crippen LogP contribution in [0.3, 0.4) is 0 Å². The number of benzene rings is 2. The van der Waals surface area contributed by atoms with Gasteiger partial charge in [0.15, 0.2) is 0 Å². The van der Waals surface area contributed by atoms with Gasteiger partial charge in [-0.2, -0.15) is 0 Å². The van der Waals surface area contributed by atoms with E-state index in [0.717, 1.165) is 18.4 Å². The van der Waals surface area contributed by atoms with Crippen molar-refractivity contribution < 1.29 is 19.9 Å². The molecule has 4 heteroatoms. The first-order valence-electron chi connectivity index (χ1n) is 9.96. The first-order valence-corrected chi connectivity index (χ1v) is 9.96. The lowest BCUT2D eigenvalue weighted by atomic mass is 9.88. The maximum Gasteiger partial charge on any atom is 0.478 e. The molecule has 0 aromatic heterocycles. The first kappa shape index (κ1) is 18.6. The molecule has 1 saturated carbocycles. The minimum absolute atomic E-state index is 0.00995. The minimum Gasteiger partial charge on any atom is -0.274 e. The number of rotatable bonds is 6. The summed E-state index contributed by atoms with van der Waals surface area (Å²) in [6.07, 6.45) is 6.59. The fourth-order valence-electron chi connectivity index (χ4n) is 4.31. The van der Waals surface area contributed by atoms with Crippen LogP contribution in [0.4, 0.5) is 0 Å². The van der Waals surface area contributed by atoms with Crippen LogP contribution in [0.15, 0.2) is 60.7 Å². The number of hydrogen-bond donors (Lipinski definition) is 1. The van der Waals surface area contributed by atoms with Crippen molar-refractivity contribution in [2.45, 2.75) is 32.7 Å². The number of hydrogen-bond acceptors (Lipinski definition) is 3. The van der Waals surface area contributed by atoms with Gasteiger partial charge in [-0.25, -0.2) is 4.79 Å². The minimum atomic E-state index is -0.402. The summed E-state index contributed by atoms with van der Waals surface area (Å²) in [5.74, 6) is 0.652. The molecule has 2 N–H and O–H groups in total. The highest BCUT2D eigenvalue weighted by Crippen LogP contribution is 2.45. The van der Waals surface area contributed by atoms with E-state index < -0.39 is 5.97 Å². The van der Waals surface area contributed by atoms with Crippen LogP contribution in [0.25, 0.3) is 0 Å². The molecule has 0 saturated heterocycles. The molecule has 28 heavy (non-hydrogen) atoms. The van der Waals surface area contributed by atoms with Crippen molar-refractivity contribution in [3.05, 3.63) is 82.9 Å². The van der Waals surface area contributed by atoms with E-state index in [2.05, 4.69) is 12.2 Å². The van der Waals surface area contributed by atoms with Gasteiger partial charge >= 0.3 is 11.8 Å². The molecule has 2 aromatic carbocycles. The number of allylic oxidation sites excluding steroid dienone is 2. The zero-order valence-corrected chi connectivity index (χ0v) is 16.3. The van der Waals surface area contributed by atoms with Crippen LogP contribution in [-0.4, -0.2) is 11.8 Å². The highest BCUT2D eigenvalue weighted by atomic mass is 16.7. The van der Waals surface area contributed by atoms with Crippen LogP contribution in [-0.2, 0) is 4.84 Å². The van der Waals surface area contributed by atoms with E-state index >= 15 is 0 Å². The first-order chi connectivity index (χ1) is 13.5. The summed E-state index contributed by atoms with van der Waals surface area (Å²) < 4.78 is 0. The normalized spacial score (nSPS) is 23.6. The Morgan fingerprint density at radius 3 is 2.14 bits per heavy atom. The Morgan fingerprint density at radius 2 is 1.57 bits per heavy atom. The summed E-state index contributed by atoms with van der Waals surface area (Å²) in [5.41, 5.74) is 4.99. The average molecular weight is 376 g/mol. The Labute approximate surface area is 165 Å². The largest absolute Gasteiger partial charge is 0.478 e. The van der Waals surface area contributed by atoms with Gasteiger partial charge < -0.3 is 0 Å². The monoisotopic (exact) mass is 376 g/mol. The quantitative estimate of drug-likeness (QED) is 0.361. The highest BCUT2D eigenvalue weighted by Gasteiger charge is 2.49. The van der Waals surface area contributed by atoms with Crippen molar-refractivity contribution in [1.82, 2.24) is 0 Å². The fraction of sp³-hybridized carbons (Fsp3) is 0.333. The van der Waals surface area contributed by atoms with Gasteiger partial charge in [0.2, 0.25) is 4.79 Å². The summed E-state index contributed by atoms with van der Waals surface area (Å²) in [6.45, 7) is 4.03. The van der Waals surface area contributed by atoms with Crippen molar-refractivity contribution in [2.75, 3.05) is 0 Å². The molecule has 0 heterocycles. The Bertz CT molecular complexity index is 884. The molecule has 4 rings (SSSR count). The van der Waals surface area contributed by atoms with Gasteiger partial charge in [0.25, 0.3) is 0 Å². The lowest BCUT2D eigenvalue weighted by Crippen LogP contribution is -2.84. The third-order valence-electron chi connectivity index (χ3n) is 6.05.